The maximum absolute atomic E-state index is 12.3. The molecule has 3 heteroatoms. The fourth-order valence-corrected chi connectivity index (χ4v) is 5.73. The summed E-state index contributed by atoms with van der Waals surface area (Å²) in [4.78, 5) is 12.3. The minimum atomic E-state index is 0.00462. The van der Waals surface area contributed by atoms with Crippen molar-refractivity contribution in [1.29, 1.82) is 0 Å². The van der Waals surface area contributed by atoms with Gasteiger partial charge in [0.25, 0.3) is 0 Å². The molecule has 196 valence electrons. The van der Waals surface area contributed by atoms with Gasteiger partial charge in [-0.25, -0.2) is 0 Å². The third-order valence-corrected chi connectivity index (χ3v) is 7.19. The molecule has 0 unspecified atom stereocenters. The normalized spacial score (nSPS) is 17.8. The number of rotatable bonds is 20. The van der Waals surface area contributed by atoms with E-state index in [2.05, 4.69) is 39.9 Å². The summed E-state index contributed by atoms with van der Waals surface area (Å²) >= 11 is 0. The van der Waals surface area contributed by atoms with Crippen LogP contribution < -0.4 is 5.32 Å². The zero-order valence-corrected chi connectivity index (χ0v) is 23.2. The van der Waals surface area contributed by atoms with E-state index < -0.39 is 0 Å². The van der Waals surface area contributed by atoms with Crippen molar-refractivity contribution in [1.82, 2.24) is 5.32 Å². The van der Waals surface area contributed by atoms with Gasteiger partial charge in [-0.3, -0.25) is 4.79 Å². The van der Waals surface area contributed by atoms with E-state index in [-0.39, 0.29) is 23.2 Å². The monoisotopic (exact) mass is 465 g/mol. The molecule has 0 aromatic rings. The zero-order chi connectivity index (χ0) is 24.4. The number of carbonyl (C=O) groups is 1. The molecule has 0 aliphatic carbocycles. The number of piperidine rings is 1. The molecular formula is C30H59NO2. The summed E-state index contributed by atoms with van der Waals surface area (Å²) < 4.78 is 5.82. The quantitative estimate of drug-likeness (QED) is 0.144. The van der Waals surface area contributed by atoms with Gasteiger partial charge in [0.2, 0.25) is 0 Å². The van der Waals surface area contributed by atoms with Crippen LogP contribution in [0.2, 0.25) is 0 Å². The molecule has 0 aromatic carbocycles. The third kappa shape index (κ3) is 17.5. The smallest absolute Gasteiger partial charge is 0.306 e. The van der Waals surface area contributed by atoms with E-state index >= 15 is 0 Å². The predicted molar refractivity (Wildman–Crippen MR) is 144 cm³/mol. The van der Waals surface area contributed by atoms with Crippen molar-refractivity contribution in [3.63, 3.8) is 0 Å². The average Bonchev–Trinajstić information content (AvgIpc) is 2.70. The maximum atomic E-state index is 12.3. The molecule has 0 atom stereocenters. The highest BCUT2D eigenvalue weighted by molar-refractivity contribution is 5.69. The van der Waals surface area contributed by atoms with Gasteiger partial charge >= 0.3 is 5.97 Å². The van der Waals surface area contributed by atoms with Crippen molar-refractivity contribution in [2.24, 2.45) is 0 Å². The molecule has 1 aliphatic rings. The predicted octanol–water partition coefficient (Wildman–Crippen LogP) is 9.27. The second-order valence-corrected chi connectivity index (χ2v) is 12.2. The minimum Gasteiger partial charge on any atom is -0.462 e. The second kappa shape index (κ2) is 17.8. The Bertz CT molecular complexity index is 470. The van der Waals surface area contributed by atoms with Gasteiger partial charge in [-0.05, 0) is 34.1 Å². The van der Waals surface area contributed by atoms with Crippen LogP contribution in [-0.4, -0.2) is 23.2 Å². The molecule has 0 saturated carbocycles. The molecular weight excluding hydrogens is 406 g/mol. The van der Waals surface area contributed by atoms with E-state index in [1.807, 2.05) is 0 Å². The van der Waals surface area contributed by atoms with Gasteiger partial charge < -0.3 is 10.1 Å². The van der Waals surface area contributed by atoms with Crippen molar-refractivity contribution in [2.75, 3.05) is 0 Å². The van der Waals surface area contributed by atoms with E-state index in [9.17, 15) is 4.79 Å². The summed E-state index contributed by atoms with van der Waals surface area (Å²) in [5, 5.41) is 3.65. The van der Waals surface area contributed by atoms with Crippen LogP contribution in [-0.2, 0) is 9.53 Å². The SMILES string of the molecule is CCCCCCCCCCCCCCCCCCCCC(=O)OC1CC(C)(C)NC(C)(C)C1. The van der Waals surface area contributed by atoms with Crippen molar-refractivity contribution in [3.8, 4) is 0 Å². The number of unbranched alkanes of at least 4 members (excludes halogenated alkanes) is 17. The van der Waals surface area contributed by atoms with Gasteiger partial charge in [0.1, 0.15) is 6.10 Å². The minimum absolute atomic E-state index is 0.00462. The summed E-state index contributed by atoms with van der Waals surface area (Å²) in [7, 11) is 0. The molecule has 0 bridgehead atoms. The molecule has 33 heavy (non-hydrogen) atoms. The average molecular weight is 466 g/mol. The van der Waals surface area contributed by atoms with Crippen LogP contribution in [0.3, 0.4) is 0 Å². The van der Waals surface area contributed by atoms with Crippen LogP contribution in [0.4, 0.5) is 0 Å². The van der Waals surface area contributed by atoms with Gasteiger partial charge in [-0.2, -0.15) is 0 Å². The van der Waals surface area contributed by atoms with Crippen molar-refractivity contribution in [3.05, 3.63) is 0 Å². The molecule has 1 fully saturated rings. The van der Waals surface area contributed by atoms with Crippen LogP contribution in [0.25, 0.3) is 0 Å². The van der Waals surface area contributed by atoms with E-state index in [1.165, 1.54) is 103 Å². The zero-order valence-electron chi connectivity index (χ0n) is 23.2. The lowest BCUT2D eigenvalue weighted by Crippen LogP contribution is -2.59. The first kappa shape index (κ1) is 30.5. The van der Waals surface area contributed by atoms with Crippen LogP contribution in [0.1, 0.15) is 169 Å². The Balaban J connectivity index is 1.84. The van der Waals surface area contributed by atoms with Crippen molar-refractivity contribution >= 4 is 5.97 Å². The Morgan fingerprint density at radius 1 is 0.636 bits per heavy atom. The topological polar surface area (TPSA) is 38.3 Å². The van der Waals surface area contributed by atoms with Gasteiger partial charge in [0.05, 0.1) is 0 Å². The number of hydrogen-bond acceptors (Lipinski definition) is 3. The lowest BCUT2D eigenvalue weighted by Gasteiger charge is -2.45. The second-order valence-electron chi connectivity index (χ2n) is 12.2. The lowest BCUT2D eigenvalue weighted by molar-refractivity contribution is -0.153. The molecule has 1 aliphatic heterocycles. The van der Waals surface area contributed by atoms with Gasteiger partial charge in [0, 0.05) is 30.3 Å². The fourth-order valence-electron chi connectivity index (χ4n) is 5.73. The maximum Gasteiger partial charge on any atom is 0.306 e. The van der Waals surface area contributed by atoms with Crippen molar-refractivity contribution < 1.29 is 9.53 Å². The highest BCUT2D eigenvalue weighted by atomic mass is 16.5. The summed E-state index contributed by atoms with van der Waals surface area (Å²) in [6, 6.07) is 0. The summed E-state index contributed by atoms with van der Waals surface area (Å²) in [6.07, 6.45) is 27.1. The molecule has 0 spiro atoms. The molecule has 1 N–H and O–H groups in total. The highest BCUT2D eigenvalue weighted by Gasteiger charge is 2.39. The van der Waals surface area contributed by atoms with Gasteiger partial charge in [-0.15, -0.1) is 0 Å². The molecule has 1 rings (SSSR count). The molecule has 1 saturated heterocycles. The molecule has 3 nitrogen and oxygen atoms in total. The Kier molecular flexibility index (Phi) is 16.4. The van der Waals surface area contributed by atoms with Crippen LogP contribution >= 0.6 is 0 Å². The summed E-state index contributed by atoms with van der Waals surface area (Å²) in [5.74, 6) is 0.00462. The van der Waals surface area contributed by atoms with Gasteiger partial charge in [0.15, 0.2) is 0 Å². The van der Waals surface area contributed by atoms with E-state index in [1.54, 1.807) is 0 Å². The van der Waals surface area contributed by atoms with Crippen LogP contribution in [0.5, 0.6) is 0 Å². The van der Waals surface area contributed by atoms with Gasteiger partial charge in [-0.1, -0.05) is 116 Å². The Labute approximate surface area is 207 Å². The molecule has 0 amide bonds. The highest BCUT2D eigenvalue weighted by Crippen LogP contribution is 2.30. The van der Waals surface area contributed by atoms with E-state index in [0.717, 1.165) is 25.7 Å². The first-order valence-corrected chi connectivity index (χ1v) is 14.7. The lowest BCUT2D eigenvalue weighted by atomic mass is 9.81. The van der Waals surface area contributed by atoms with E-state index in [0.29, 0.717) is 6.42 Å². The van der Waals surface area contributed by atoms with Crippen LogP contribution in [0, 0.1) is 0 Å². The standard InChI is InChI=1S/C30H59NO2/c1-6-7-8-9-10-11-12-13-14-15-16-17-18-19-20-21-22-23-24-28(32)33-27-25-29(2,3)31-30(4,5)26-27/h27,31H,6-26H2,1-5H3. The molecule has 1 heterocycles. The Morgan fingerprint density at radius 2 is 0.970 bits per heavy atom. The molecule has 0 radical (unpaired) electrons. The van der Waals surface area contributed by atoms with E-state index in [4.69, 9.17) is 4.74 Å². The number of ether oxygens (including phenoxy) is 1. The van der Waals surface area contributed by atoms with Crippen molar-refractivity contribution in [2.45, 2.75) is 187 Å². The summed E-state index contributed by atoms with van der Waals surface area (Å²) in [6.45, 7) is 11.1. The first-order valence-electron chi connectivity index (χ1n) is 14.7. The van der Waals surface area contributed by atoms with Crippen LogP contribution in [0.15, 0.2) is 0 Å². The largest absolute Gasteiger partial charge is 0.462 e. The third-order valence-electron chi connectivity index (χ3n) is 7.19. The number of carbonyl (C=O) groups excluding carboxylic acids is 1. The number of nitrogens with one attached hydrogen (secondary N) is 1. The Morgan fingerprint density at radius 3 is 1.33 bits per heavy atom. The Hall–Kier alpha value is -0.570. The number of esters is 1. The summed E-state index contributed by atoms with van der Waals surface area (Å²) in [5.41, 5.74) is 0.0560. The molecule has 0 aromatic heterocycles. The number of hydrogen-bond donors (Lipinski definition) is 1. The first-order chi connectivity index (χ1) is 15.7. The fraction of sp³-hybridized carbons (Fsp3) is 0.967.